The van der Waals surface area contributed by atoms with E-state index in [0.717, 1.165) is 25.7 Å². The average molecular weight is 253 g/mol. The summed E-state index contributed by atoms with van der Waals surface area (Å²) >= 11 is 3.98. The molecule has 1 fully saturated rings. The van der Waals surface area contributed by atoms with Crippen molar-refractivity contribution in [3.05, 3.63) is 29.6 Å². The van der Waals surface area contributed by atoms with Gasteiger partial charge in [0, 0.05) is 16.0 Å². The molecule has 2 rings (SSSR count). The first kappa shape index (κ1) is 12.4. The molecule has 0 heterocycles. The molecule has 4 heteroatoms. The summed E-state index contributed by atoms with van der Waals surface area (Å²) < 4.78 is 13.0. The molecule has 1 aliphatic rings. The predicted molar refractivity (Wildman–Crippen MR) is 68.0 cm³/mol. The molecule has 1 saturated carbocycles. The van der Waals surface area contributed by atoms with Crippen LogP contribution >= 0.6 is 12.6 Å². The Balaban J connectivity index is 2.11. The third kappa shape index (κ3) is 2.80. The Bertz CT molecular complexity index is 441. The highest BCUT2D eigenvalue weighted by atomic mass is 32.1. The van der Waals surface area contributed by atoms with Crippen molar-refractivity contribution in [1.29, 1.82) is 0 Å². The third-order valence-electron chi connectivity index (χ3n) is 3.33. The first-order valence-corrected chi connectivity index (χ1v) is 6.26. The molecule has 1 aromatic rings. The maximum absolute atomic E-state index is 13.0. The second-order valence-corrected chi connectivity index (χ2v) is 5.37. The van der Waals surface area contributed by atoms with Crippen LogP contribution in [0.3, 0.4) is 0 Å². The van der Waals surface area contributed by atoms with Crippen LogP contribution in [0.5, 0.6) is 0 Å². The van der Waals surface area contributed by atoms with Crippen LogP contribution in [0.4, 0.5) is 4.39 Å². The average Bonchev–Trinajstić information content (AvgIpc) is 2.69. The molecule has 1 aliphatic carbocycles. The van der Waals surface area contributed by atoms with Gasteiger partial charge in [0.1, 0.15) is 5.82 Å². The maximum Gasteiger partial charge on any atom is 0.251 e. The van der Waals surface area contributed by atoms with E-state index in [4.69, 9.17) is 0 Å². The van der Waals surface area contributed by atoms with E-state index in [-0.39, 0.29) is 16.3 Å². The summed E-state index contributed by atoms with van der Waals surface area (Å²) in [5, 5.41) is 3.02. The summed E-state index contributed by atoms with van der Waals surface area (Å²) in [5.74, 6) is -0.554. The molecule has 1 aromatic carbocycles. The van der Waals surface area contributed by atoms with Gasteiger partial charge in [0.15, 0.2) is 0 Å². The van der Waals surface area contributed by atoms with Gasteiger partial charge in [0.05, 0.1) is 0 Å². The Hall–Kier alpha value is -1.03. The molecule has 0 atom stereocenters. The summed E-state index contributed by atoms with van der Waals surface area (Å²) in [6, 6.07) is 4.23. The number of benzene rings is 1. The lowest BCUT2D eigenvalue weighted by Crippen LogP contribution is -2.43. The predicted octanol–water partition coefficient (Wildman–Crippen LogP) is 3.18. The fourth-order valence-corrected chi connectivity index (χ4v) is 2.49. The van der Waals surface area contributed by atoms with Crippen LogP contribution < -0.4 is 5.32 Å². The Labute approximate surface area is 106 Å². The highest BCUT2D eigenvalue weighted by Crippen LogP contribution is 2.29. The smallest absolute Gasteiger partial charge is 0.251 e. The number of rotatable bonds is 2. The van der Waals surface area contributed by atoms with Gasteiger partial charge < -0.3 is 5.32 Å². The summed E-state index contributed by atoms with van der Waals surface area (Å²) in [4.78, 5) is 12.2. The Morgan fingerprint density at radius 2 is 2.06 bits per heavy atom. The Kier molecular flexibility index (Phi) is 3.43. The van der Waals surface area contributed by atoms with Gasteiger partial charge in [-0.3, -0.25) is 4.79 Å². The molecule has 1 N–H and O–H groups in total. The van der Waals surface area contributed by atoms with Gasteiger partial charge in [0.25, 0.3) is 5.91 Å². The van der Waals surface area contributed by atoms with Crippen molar-refractivity contribution >= 4 is 18.5 Å². The summed E-state index contributed by atoms with van der Waals surface area (Å²) in [5.41, 5.74) is 0.354. The normalized spacial score (nSPS) is 18.1. The lowest BCUT2D eigenvalue weighted by Gasteiger charge is -2.25. The van der Waals surface area contributed by atoms with Gasteiger partial charge >= 0.3 is 0 Å². The zero-order valence-electron chi connectivity index (χ0n) is 9.79. The van der Waals surface area contributed by atoms with Crippen molar-refractivity contribution in [3.8, 4) is 0 Å². The molecule has 92 valence electrons. The van der Waals surface area contributed by atoms with Crippen LogP contribution in [0.2, 0.25) is 0 Å². The molecule has 0 spiro atoms. The van der Waals surface area contributed by atoms with Gasteiger partial charge in [-0.2, -0.15) is 0 Å². The first-order valence-electron chi connectivity index (χ1n) is 5.81. The molecule has 1 amide bonds. The van der Waals surface area contributed by atoms with Crippen molar-refractivity contribution in [1.82, 2.24) is 5.32 Å². The standard InChI is InChI=1S/C13H16FNOS/c1-13(6-2-3-7-13)15-12(16)9-4-5-10(14)11(17)8-9/h4-5,8,17H,2-3,6-7H2,1H3,(H,15,16). The molecular weight excluding hydrogens is 237 g/mol. The molecule has 0 aliphatic heterocycles. The van der Waals surface area contributed by atoms with E-state index in [2.05, 4.69) is 24.9 Å². The van der Waals surface area contributed by atoms with E-state index in [1.165, 1.54) is 18.2 Å². The first-order chi connectivity index (χ1) is 8.00. The minimum absolute atomic E-state index is 0.109. The number of thiol groups is 1. The topological polar surface area (TPSA) is 29.1 Å². The molecule has 17 heavy (non-hydrogen) atoms. The lowest BCUT2D eigenvalue weighted by atomic mass is 10.00. The molecule has 0 aromatic heterocycles. The number of nitrogens with one attached hydrogen (secondary N) is 1. The monoisotopic (exact) mass is 253 g/mol. The lowest BCUT2D eigenvalue weighted by molar-refractivity contribution is 0.0908. The molecule has 0 saturated heterocycles. The van der Waals surface area contributed by atoms with E-state index in [9.17, 15) is 9.18 Å². The molecule has 0 radical (unpaired) electrons. The van der Waals surface area contributed by atoms with Crippen LogP contribution in [0.25, 0.3) is 0 Å². The van der Waals surface area contributed by atoms with Gasteiger partial charge in [-0.25, -0.2) is 4.39 Å². The van der Waals surface area contributed by atoms with Crippen molar-refractivity contribution in [2.24, 2.45) is 0 Å². The van der Waals surface area contributed by atoms with Crippen molar-refractivity contribution in [2.75, 3.05) is 0 Å². The van der Waals surface area contributed by atoms with Crippen molar-refractivity contribution in [2.45, 2.75) is 43.0 Å². The molecule has 2 nitrogen and oxygen atoms in total. The maximum atomic E-state index is 13.0. The SMILES string of the molecule is CC1(NC(=O)c2ccc(F)c(S)c2)CCCC1. The highest BCUT2D eigenvalue weighted by Gasteiger charge is 2.30. The highest BCUT2D eigenvalue weighted by molar-refractivity contribution is 7.80. The second kappa shape index (κ2) is 4.69. The zero-order valence-corrected chi connectivity index (χ0v) is 10.7. The molecule has 0 bridgehead atoms. The number of hydrogen-bond acceptors (Lipinski definition) is 2. The van der Waals surface area contributed by atoms with E-state index < -0.39 is 5.82 Å². The summed E-state index contributed by atoms with van der Waals surface area (Å²) in [6.07, 6.45) is 4.32. The van der Waals surface area contributed by atoms with Crippen LogP contribution in [-0.2, 0) is 0 Å². The number of carbonyl (C=O) groups excluding carboxylic acids is 1. The Morgan fingerprint density at radius 1 is 1.41 bits per heavy atom. The summed E-state index contributed by atoms with van der Waals surface area (Å²) in [7, 11) is 0. The van der Waals surface area contributed by atoms with Crippen LogP contribution in [-0.4, -0.2) is 11.4 Å². The largest absolute Gasteiger partial charge is 0.347 e. The van der Waals surface area contributed by atoms with E-state index >= 15 is 0 Å². The number of hydrogen-bond donors (Lipinski definition) is 2. The van der Waals surface area contributed by atoms with E-state index in [1.807, 2.05) is 0 Å². The van der Waals surface area contributed by atoms with Gasteiger partial charge in [0.2, 0.25) is 0 Å². The van der Waals surface area contributed by atoms with Crippen LogP contribution in [0, 0.1) is 5.82 Å². The summed E-state index contributed by atoms with van der Waals surface area (Å²) in [6.45, 7) is 2.06. The molecular formula is C13H16FNOS. The van der Waals surface area contributed by atoms with Crippen LogP contribution in [0.15, 0.2) is 23.1 Å². The zero-order chi connectivity index (χ0) is 12.5. The number of halogens is 1. The third-order valence-corrected chi connectivity index (χ3v) is 3.67. The quantitative estimate of drug-likeness (QED) is 0.779. The van der Waals surface area contributed by atoms with Crippen molar-refractivity contribution in [3.63, 3.8) is 0 Å². The van der Waals surface area contributed by atoms with E-state index in [0.29, 0.717) is 5.56 Å². The molecule has 0 unspecified atom stereocenters. The van der Waals surface area contributed by atoms with Crippen LogP contribution in [0.1, 0.15) is 43.0 Å². The number of carbonyl (C=O) groups is 1. The van der Waals surface area contributed by atoms with Gasteiger partial charge in [-0.1, -0.05) is 12.8 Å². The minimum Gasteiger partial charge on any atom is -0.347 e. The Morgan fingerprint density at radius 3 is 2.65 bits per heavy atom. The van der Waals surface area contributed by atoms with Crippen molar-refractivity contribution < 1.29 is 9.18 Å². The van der Waals surface area contributed by atoms with Gasteiger partial charge in [-0.05, 0) is 38.0 Å². The number of amides is 1. The fourth-order valence-electron chi connectivity index (χ4n) is 2.28. The fraction of sp³-hybridized carbons (Fsp3) is 0.462. The van der Waals surface area contributed by atoms with E-state index in [1.54, 1.807) is 0 Å². The second-order valence-electron chi connectivity index (χ2n) is 4.89. The minimum atomic E-state index is -0.406. The van der Waals surface area contributed by atoms with Gasteiger partial charge in [-0.15, -0.1) is 12.6 Å².